The van der Waals surface area contributed by atoms with Crippen LogP contribution < -0.4 is 31.7 Å². The van der Waals surface area contributed by atoms with Gasteiger partial charge in [-0.05, 0) is 74.2 Å². The maximum Gasteiger partial charge on any atom is 0.417 e. The molecule has 0 radical (unpaired) electrons. The SMILES string of the molecule is Cc1ncsc1-c1ccc(CNC(=O)[C@@H]2C[C@@H](O)CN2C(=O)C(NC(=O)CCNC(=O)c2ccc(-c3ccc(N4C[C@@H](C)N(C)[C@@H](C)C4)c(NC(=O)c4c[nH]c(=O)cc4C(F)(F)F)c3)c(F)c2)C(C)(C)C)cc1. The second-order valence-corrected chi connectivity index (χ2v) is 20.6. The Labute approximate surface area is 423 Å². The quantitative estimate of drug-likeness (QED) is 0.0681. The number of carbonyl (C=O) groups is 5. The molecule has 0 aliphatic carbocycles. The number of piperazine rings is 1. The highest BCUT2D eigenvalue weighted by Crippen LogP contribution is 2.37. The van der Waals surface area contributed by atoms with Crippen LogP contribution in [0.3, 0.4) is 0 Å². The van der Waals surface area contributed by atoms with E-state index >= 15 is 4.39 Å². The maximum atomic E-state index is 16.0. The van der Waals surface area contributed by atoms with Crippen molar-refractivity contribution in [2.24, 2.45) is 5.41 Å². The summed E-state index contributed by atoms with van der Waals surface area (Å²) in [6.45, 7) is 12.1. The van der Waals surface area contributed by atoms with E-state index in [0.29, 0.717) is 31.0 Å². The molecule has 388 valence electrons. The summed E-state index contributed by atoms with van der Waals surface area (Å²) in [5, 5.41) is 21.4. The minimum absolute atomic E-state index is 0.00848. The van der Waals surface area contributed by atoms with Gasteiger partial charge in [0.25, 0.3) is 11.8 Å². The molecule has 3 aromatic carbocycles. The van der Waals surface area contributed by atoms with Gasteiger partial charge in [0.15, 0.2) is 0 Å². The number of β-amino-alcohol motifs (C(OH)–C–C–N with tert-alkyl or cyclic N) is 1. The molecule has 0 bridgehead atoms. The number of halogens is 4. The summed E-state index contributed by atoms with van der Waals surface area (Å²) in [7, 11) is 1.97. The number of nitrogens with one attached hydrogen (secondary N) is 5. The highest BCUT2D eigenvalue weighted by atomic mass is 32.1. The van der Waals surface area contributed by atoms with Crippen LogP contribution >= 0.6 is 11.3 Å². The minimum atomic E-state index is -5.02. The third kappa shape index (κ3) is 12.6. The molecular weight excluding hydrogens is 971 g/mol. The third-order valence-corrected chi connectivity index (χ3v) is 14.3. The standard InChI is InChI=1S/C52H59F4N9O7S/c1-28-24-64(25-29(2)63(28)7)41-15-13-33(19-40(41)61-48(70)37-23-58-44(68)21-38(37)52(54,55)56)36-14-12-34(18-39(36)53)47(69)57-17-16-43(67)62-46(51(4,5)6)50(72)65-26-35(66)20-42(65)49(71)59-22-31-8-10-32(11-9-31)45-30(3)60-27-73-45/h8-15,18-19,21,23,27-29,35,42,46,66H,16-17,20,22,24-26H2,1-7H3,(H,57,69)(H,58,68)(H,59,71)(H,61,70)(H,62,67)/t28-,29+,35-,42+,46?/m1/s1. The maximum absolute atomic E-state index is 16.0. The number of aliphatic hydroxyl groups excluding tert-OH is 1. The topological polar surface area (TPSA) is 209 Å². The van der Waals surface area contributed by atoms with Crippen molar-refractivity contribution in [1.29, 1.82) is 0 Å². The molecule has 0 saturated carbocycles. The molecule has 21 heteroatoms. The number of likely N-dealkylation sites (tertiary alicyclic amines) is 1. The Kier molecular flexibility index (Phi) is 16.2. The first-order valence-electron chi connectivity index (χ1n) is 23.7. The number of amides is 5. The molecule has 5 amide bonds. The van der Waals surface area contributed by atoms with E-state index in [9.17, 15) is 47.0 Å². The van der Waals surface area contributed by atoms with E-state index in [1.54, 1.807) is 38.4 Å². The number of aryl methyl sites for hydroxylation is 1. The number of rotatable bonds is 14. The zero-order valence-corrected chi connectivity index (χ0v) is 42.3. The van der Waals surface area contributed by atoms with Gasteiger partial charge in [-0.1, -0.05) is 57.2 Å². The van der Waals surface area contributed by atoms with E-state index < -0.39 is 81.8 Å². The average molecular weight is 1030 g/mol. The van der Waals surface area contributed by atoms with Crippen LogP contribution in [-0.2, 0) is 27.1 Å². The highest BCUT2D eigenvalue weighted by molar-refractivity contribution is 7.13. The number of aromatic nitrogens is 2. The van der Waals surface area contributed by atoms with E-state index in [1.165, 1.54) is 34.4 Å². The fraction of sp³-hybridized carbons (Fsp3) is 0.404. The predicted octanol–water partition coefficient (Wildman–Crippen LogP) is 6.34. The summed E-state index contributed by atoms with van der Waals surface area (Å²) in [5.74, 6) is -4.30. The van der Waals surface area contributed by atoms with Crippen molar-refractivity contribution in [2.45, 2.75) is 97.4 Å². The molecule has 4 heterocycles. The van der Waals surface area contributed by atoms with Gasteiger partial charge in [0.05, 0.1) is 44.7 Å². The highest BCUT2D eigenvalue weighted by Gasteiger charge is 2.44. The van der Waals surface area contributed by atoms with Gasteiger partial charge in [-0.2, -0.15) is 13.2 Å². The first-order chi connectivity index (χ1) is 34.4. The molecule has 2 aliphatic rings. The summed E-state index contributed by atoms with van der Waals surface area (Å²) < 4.78 is 57.9. The molecule has 2 aromatic heterocycles. The summed E-state index contributed by atoms with van der Waals surface area (Å²) >= 11 is 1.53. The molecule has 73 heavy (non-hydrogen) atoms. The van der Waals surface area contributed by atoms with E-state index in [2.05, 4.69) is 36.1 Å². The molecule has 2 fully saturated rings. The number of carbonyl (C=O) groups excluding carboxylic acids is 5. The van der Waals surface area contributed by atoms with Gasteiger partial charge in [0.2, 0.25) is 23.3 Å². The van der Waals surface area contributed by atoms with Crippen LogP contribution in [0.25, 0.3) is 21.6 Å². The Morgan fingerprint density at radius 3 is 2.22 bits per heavy atom. The zero-order chi connectivity index (χ0) is 53.1. The van der Waals surface area contributed by atoms with Gasteiger partial charge in [0.1, 0.15) is 17.9 Å². The largest absolute Gasteiger partial charge is 0.417 e. The number of aromatic amines is 1. The number of hydrogen-bond donors (Lipinski definition) is 6. The summed E-state index contributed by atoms with van der Waals surface area (Å²) in [5.41, 5.74) is 1.12. The van der Waals surface area contributed by atoms with Gasteiger partial charge in [-0.25, -0.2) is 9.37 Å². The van der Waals surface area contributed by atoms with E-state index in [-0.39, 0.29) is 66.9 Å². The van der Waals surface area contributed by atoms with Crippen LogP contribution in [0.2, 0.25) is 0 Å². The lowest BCUT2D eigenvalue weighted by Gasteiger charge is -2.44. The van der Waals surface area contributed by atoms with Gasteiger partial charge in [0, 0.05) is 81.0 Å². The Morgan fingerprint density at radius 2 is 1.59 bits per heavy atom. The Morgan fingerprint density at radius 1 is 0.904 bits per heavy atom. The number of aliphatic hydroxyl groups is 1. The van der Waals surface area contributed by atoms with Crippen molar-refractivity contribution < 1.29 is 46.6 Å². The van der Waals surface area contributed by atoms with Crippen molar-refractivity contribution in [3.05, 3.63) is 123 Å². The van der Waals surface area contributed by atoms with Crippen molar-refractivity contribution in [2.75, 3.05) is 43.4 Å². The lowest BCUT2D eigenvalue weighted by molar-refractivity contribution is -0.144. The molecule has 7 rings (SSSR count). The first-order valence-corrected chi connectivity index (χ1v) is 24.6. The number of hydrogen-bond acceptors (Lipinski definition) is 11. The van der Waals surface area contributed by atoms with Crippen LogP contribution in [0.4, 0.5) is 28.9 Å². The van der Waals surface area contributed by atoms with Crippen molar-refractivity contribution in [3.8, 4) is 21.6 Å². The number of benzene rings is 3. The smallest absolute Gasteiger partial charge is 0.391 e. The molecule has 0 spiro atoms. The van der Waals surface area contributed by atoms with Crippen LogP contribution in [0, 0.1) is 18.2 Å². The predicted molar refractivity (Wildman–Crippen MR) is 269 cm³/mol. The van der Waals surface area contributed by atoms with Crippen LogP contribution in [0.1, 0.15) is 85.0 Å². The second kappa shape index (κ2) is 22.0. The number of pyridine rings is 1. The molecule has 1 unspecified atom stereocenters. The van der Waals surface area contributed by atoms with Crippen LogP contribution in [0.5, 0.6) is 0 Å². The molecular formula is C52H59F4N9O7S. The van der Waals surface area contributed by atoms with Crippen LogP contribution in [-0.4, -0.2) is 118 Å². The summed E-state index contributed by atoms with van der Waals surface area (Å²) in [6.07, 6.45) is -5.55. The number of nitrogens with zero attached hydrogens (tertiary/aromatic N) is 4. The zero-order valence-electron chi connectivity index (χ0n) is 41.4. The molecule has 2 saturated heterocycles. The van der Waals surface area contributed by atoms with E-state index in [4.69, 9.17) is 0 Å². The fourth-order valence-electron chi connectivity index (χ4n) is 9.06. The molecule has 16 nitrogen and oxygen atoms in total. The Balaban J connectivity index is 0.987. The number of thiazole rings is 1. The van der Waals surface area contributed by atoms with Gasteiger partial charge >= 0.3 is 6.18 Å². The number of alkyl halides is 3. The summed E-state index contributed by atoms with van der Waals surface area (Å²) in [4.78, 5) is 92.5. The van der Waals surface area contributed by atoms with E-state index in [0.717, 1.165) is 27.8 Å². The minimum Gasteiger partial charge on any atom is -0.391 e. The van der Waals surface area contributed by atoms with Gasteiger partial charge < -0.3 is 41.2 Å². The number of anilines is 2. The molecule has 5 atom stereocenters. The van der Waals surface area contributed by atoms with Gasteiger partial charge in [-0.3, -0.25) is 33.7 Å². The van der Waals surface area contributed by atoms with Crippen LogP contribution in [0.15, 0.2) is 83.2 Å². The lowest BCUT2D eigenvalue weighted by Crippen LogP contribution is -2.57. The van der Waals surface area contributed by atoms with Crippen molar-refractivity contribution >= 4 is 52.2 Å². The normalized spacial score (nSPS) is 18.8. The first kappa shape index (κ1) is 53.8. The monoisotopic (exact) mass is 1030 g/mol. The van der Waals surface area contributed by atoms with Gasteiger partial charge in [-0.15, -0.1) is 11.3 Å². The third-order valence-electron chi connectivity index (χ3n) is 13.3. The number of H-pyrrole nitrogens is 1. The Bertz CT molecular complexity index is 2930. The lowest BCUT2D eigenvalue weighted by atomic mass is 9.85. The number of likely N-dealkylation sites (N-methyl/N-ethyl adjacent to an activating group) is 1. The second-order valence-electron chi connectivity index (χ2n) is 19.7. The Hall–Kier alpha value is -6.97. The van der Waals surface area contributed by atoms with Crippen molar-refractivity contribution in [1.82, 2.24) is 35.7 Å². The summed E-state index contributed by atoms with van der Waals surface area (Å²) in [6, 6.07) is 14.3. The van der Waals surface area contributed by atoms with Crippen molar-refractivity contribution in [3.63, 3.8) is 0 Å². The van der Waals surface area contributed by atoms with E-state index in [1.807, 2.05) is 57.0 Å². The molecule has 2 aliphatic heterocycles. The fourth-order valence-corrected chi connectivity index (χ4v) is 9.87. The molecule has 6 N–H and O–H groups in total. The average Bonchev–Trinajstić information content (AvgIpc) is 3.95. The molecule has 5 aromatic rings.